The topological polar surface area (TPSA) is 102 Å². The number of nitrogens with zero attached hydrogens (tertiary/aromatic N) is 3. The average Bonchev–Trinajstić information content (AvgIpc) is 2.77. The SMILES string of the molecule is O=C(NOC(=O)N1CCCC(F)C1)[C@@H]1CC[C@@H]2CN1C(=O)N2O. The van der Waals surface area contributed by atoms with E-state index in [9.17, 15) is 24.0 Å². The quantitative estimate of drug-likeness (QED) is 0.530. The second-order valence-electron chi connectivity index (χ2n) is 6.05. The van der Waals surface area contributed by atoms with E-state index in [1.165, 1.54) is 9.80 Å². The smallest absolute Gasteiger partial charge is 0.321 e. The standard InChI is InChI=1S/C13H19FN4O5/c14-8-2-1-5-16(6-8)13(21)23-15-11(19)10-4-3-9-7-17(10)12(20)18(9)22/h8-10,22H,1-7H2,(H,15,19)/t8?,9-,10+/m1/s1. The number of hydrogen-bond donors (Lipinski definition) is 2. The van der Waals surface area contributed by atoms with Crippen LogP contribution in [0.3, 0.4) is 0 Å². The molecule has 4 amide bonds. The Labute approximate surface area is 131 Å². The number of rotatable bonds is 1. The fourth-order valence-corrected chi connectivity index (χ4v) is 3.24. The summed E-state index contributed by atoms with van der Waals surface area (Å²) >= 11 is 0. The van der Waals surface area contributed by atoms with Crippen LogP contribution in [0.25, 0.3) is 0 Å². The number of fused-ring (bicyclic) bond motifs is 2. The molecule has 3 aliphatic heterocycles. The third-order valence-corrected chi connectivity index (χ3v) is 4.51. The molecule has 3 rings (SSSR count). The highest BCUT2D eigenvalue weighted by Crippen LogP contribution is 2.28. The Bertz CT molecular complexity index is 519. The van der Waals surface area contributed by atoms with Gasteiger partial charge in [-0.25, -0.2) is 19.0 Å². The number of carbonyl (C=O) groups is 3. The summed E-state index contributed by atoms with van der Waals surface area (Å²) in [5.41, 5.74) is 2.04. The van der Waals surface area contributed by atoms with Gasteiger partial charge in [-0.2, -0.15) is 5.48 Å². The zero-order valence-corrected chi connectivity index (χ0v) is 12.5. The molecule has 23 heavy (non-hydrogen) atoms. The van der Waals surface area contributed by atoms with Crippen molar-refractivity contribution in [2.24, 2.45) is 0 Å². The maximum Gasteiger partial charge on any atom is 0.434 e. The molecule has 3 saturated heterocycles. The van der Waals surface area contributed by atoms with E-state index < -0.39 is 30.2 Å². The van der Waals surface area contributed by atoms with Gasteiger partial charge in [0.05, 0.1) is 12.6 Å². The summed E-state index contributed by atoms with van der Waals surface area (Å²) in [6, 6.07) is -1.72. The van der Waals surface area contributed by atoms with Gasteiger partial charge >= 0.3 is 12.1 Å². The fourth-order valence-electron chi connectivity index (χ4n) is 3.24. The van der Waals surface area contributed by atoms with Gasteiger partial charge in [0.15, 0.2) is 0 Å². The maximum absolute atomic E-state index is 13.3. The van der Waals surface area contributed by atoms with Gasteiger partial charge in [-0.3, -0.25) is 10.0 Å². The van der Waals surface area contributed by atoms with Gasteiger partial charge < -0.3 is 14.6 Å². The van der Waals surface area contributed by atoms with Gasteiger partial charge in [0, 0.05) is 13.1 Å². The van der Waals surface area contributed by atoms with Crippen LogP contribution in [0, 0.1) is 0 Å². The number of likely N-dealkylation sites (tertiary alicyclic amines) is 1. The number of urea groups is 1. The predicted molar refractivity (Wildman–Crippen MR) is 72.9 cm³/mol. The maximum atomic E-state index is 13.3. The summed E-state index contributed by atoms with van der Waals surface area (Å²) in [7, 11) is 0. The molecular formula is C13H19FN4O5. The first-order chi connectivity index (χ1) is 11.0. The van der Waals surface area contributed by atoms with Crippen LogP contribution in [-0.2, 0) is 9.63 Å². The van der Waals surface area contributed by atoms with Crippen LogP contribution in [0.4, 0.5) is 14.0 Å². The van der Waals surface area contributed by atoms with Gasteiger partial charge in [-0.1, -0.05) is 0 Å². The molecule has 3 fully saturated rings. The lowest BCUT2D eigenvalue weighted by Gasteiger charge is -2.30. The van der Waals surface area contributed by atoms with E-state index in [0.717, 1.165) is 0 Å². The van der Waals surface area contributed by atoms with Crippen molar-refractivity contribution in [1.82, 2.24) is 20.3 Å². The molecule has 0 aromatic carbocycles. The van der Waals surface area contributed by atoms with Crippen molar-refractivity contribution in [1.29, 1.82) is 0 Å². The van der Waals surface area contributed by atoms with Crippen molar-refractivity contribution < 1.29 is 28.8 Å². The number of alkyl halides is 1. The number of nitrogens with one attached hydrogen (secondary N) is 1. The van der Waals surface area contributed by atoms with Crippen LogP contribution in [-0.4, -0.2) is 76.0 Å². The third-order valence-electron chi connectivity index (χ3n) is 4.51. The second-order valence-corrected chi connectivity index (χ2v) is 6.05. The molecule has 2 N–H and O–H groups in total. The van der Waals surface area contributed by atoms with E-state index in [-0.39, 0.29) is 19.1 Å². The molecule has 3 atom stereocenters. The number of amides is 4. The van der Waals surface area contributed by atoms with Crippen molar-refractivity contribution in [2.75, 3.05) is 19.6 Å². The van der Waals surface area contributed by atoms with Crippen molar-refractivity contribution in [2.45, 2.75) is 43.9 Å². The first-order valence-electron chi connectivity index (χ1n) is 7.65. The van der Waals surface area contributed by atoms with Crippen molar-refractivity contribution >= 4 is 18.0 Å². The molecule has 0 spiro atoms. The molecule has 9 nitrogen and oxygen atoms in total. The number of halogens is 1. The van der Waals surface area contributed by atoms with E-state index in [1.807, 2.05) is 5.48 Å². The first-order valence-corrected chi connectivity index (χ1v) is 7.65. The van der Waals surface area contributed by atoms with Crippen LogP contribution in [0.2, 0.25) is 0 Å². The third kappa shape index (κ3) is 3.03. The predicted octanol–water partition coefficient (Wildman–Crippen LogP) is 0.246. The molecule has 0 aromatic rings. The molecular weight excluding hydrogens is 311 g/mol. The van der Waals surface area contributed by atoms with Crippen LogP contribution in [0.15, 0.2) is 0 Å². The van der Waals surface area contributed by atoms with E-state index in [4.69, 9.17) is 4.84 Å². The Kier molecular flexibility index (Phi) is 4.24. The minimum atomic E-state index is -1.08. The van der Waals surface area contributed by atoms with Crippen molar-refractivity contribution in [3.8, 4) is 0 Å². The van der Waals surface area contributed by atoms with Gasteiger partial charge in [0.2, 0.25) is 0 Å². The summed E-state index contributed by atoms with van der Waals surface area (Å²) in [5, 5.41) is 10.2. The largest absolute Gasteiger partial charge is 0.434 e. The zero-order chi connectivity index (χ0) is 16.6. The summed E-state index contributed by atoms with van der Waals surface area (Å²) in [4.78, 5) is 42.9. The molecule has 1 unspecified atom stereocenters. The zero-order valence-electron chi connectivity index (χ0n) is 12.5. The van der Waals surface area contributed by atoms with E-state index in [0.29, 0.717) is 37.3 Å². The number of hydroxylamine groups is 3. The molecule has 3 aliphatic rings. The molecule has 0 aliphatic carbocycles. The first kappa shape index (κ1) is 15.8. The summed E-state index contributed by atoms with van der Waals surface area (Å²) in [6.45, 7) is 0.589. The molecule has 10 heteroatoms. The van der Waals surface area contributed by atoms with Gasteiger partial charge in [0.1, 0.15) is 12.2 Å². The van der Waals surface area contributed by atoms with Crippen LogP contribution in [0.5, 0.6) is 0 Å². The Morgan fingerprint density at radius 1 is 1.26 bits per heavy atom. The molecule has 3 heterocycles. The average molecular weight is 330 g/mol. The lowest BCUT2D eigenvalue weighted by molar-refractivity contribution is -0.135. The fraction of sp³-hybridized carbons (Fsp3) is 0.769. The lowest BCUT2D eigenvalue weighted by atomic mass is 10.0. The highest BCUT2D eigenvalue weighted by Gasteiger charge is 2.47. The van der Waals surface area contributed by atoms with E-state index in [1.54, 1.807) is 0 Å². The molecule has 0 aromatic heterocycles. The van der Waals surface area contributed by atoms with E-state index >= 15 is 0 Å². The van der Waals surface area contributed by atoms with Crippen molar-refractivity contribution in [3.05, 3.63) is 0 Å². The number of hydrogen-bond acceptors (Lipinski definition) is 5. The summed E-state index contributed by atoms with van der Waals surface area (Å²) in [5.74, 6) is -0.630. The highest BCUT2D eigenvalue weighted by molar-refractivity contribution is 5.88. The highest BCUT2D eigenvalue weighted by atomic mass is 19.1. The van der Waals surface area contributed by atoms with Gasteiger partial charge in [0.25, 0.3) is 5.91 Å². The minimum Gasteiger partial charge on any atom is -0.321 e. The van der Waals surface area contributed by atoms with Crippen LogP contribution < -0.4 is 5.48 Å². The lowest BCUT2D eigenvalue weighted by Crippen LogP contribution is -2.51. The molecule has 0 saturated carbocycles. The molecule has 128 valence electrons. The Morgan fingerprint density at radius 3 is 2.78 bits per heavy atom. The minimum absolute atomic E-state index is 0.0517. The van der Waals surface area contributed by atoms with Crippen molar-refractivity contribution in [3.63, 3.8) is 0 Å². The molecule has 2 bridgehead atoms. The van der Waals surface area contributed by atoms with E-state index in [2.05, 4.69) is 0 Å². The van der Waals surface area contributed by atoms with Gasteiger partial charge in [-0.15, -0.1) is 0 Å². The summed E-state index contributed by atoms with van der Waals surface area (Å²) in [6.07, 6.45) is -0.0872. The molecule has 0 radical (unpaired) electrons. The monoisotopic (exact) mass is 330 g/mol. The summed E-state index contributed by atoms with van der Waals surface area (Å²) < 4.78 is 13.3. The number of carbonyl (C=O) groups excluding carboxylic acids is 3. The second kappa shape index (κ2) is 6.19. The Morgan fingerprint density at radius 2 is 2.04 bits per heavy atom. The Balaban J connectivity index is 1.51. The van der Waals surface area contributed by atoms with Crippen LogP contribution >= 0.6 is 0 Å². The Hall–Kier alpha value is -2.10. The van der Waals surface area contributed by atoms with Gasteiger partial charge in [-0.05, 0) is 25.7 Å². The van der Waals surface area contributed by atoms with Crippen LogP contribution in [0.1, 0.15) is 25.7 Å². The normalized spacial score (nSPS) is 30.4. The number of piperidine rings is 2.